The van der Waals surface area contributed by atoms with E-state index >= 15 is 0 Å². The maximum absolute atomic E-state index is 5.41. The van der Waals surface area contributed by atoms with Crippen LogP contribution in [0.3, 0.4) is 0 Å². The minimum absolute atomic E-state index is 0.878. The molecular weight excluding hydrogens is 298 g/mol. The van der Waals surface area contributed by atoms with Crippen molar-refractivity contribution in [1.29, 1.82) is 0 Å². The molecule has 1 aromatic carbocycles. The van der Waals surface area contributed by atoms with Crippen molar-refractivity contribution in [3.63, 3.8) is 0 Å². The number of hydrogen-bond donors (Lipinski definition) is 0. The highest BCUT2D eigenvalue weighted by atomic mass is 79.9. The molecule has 1 heterocycles. The molecular formula is C13H14BrNOS. The molecule has 0 saturated heterocycles. The van der Waals surface area contributed by atoms with Gasteiger partial charge in [-0.2, -0.15) is 0 Å². The molecule has 0 radical (unpaired) electrons. The number of halogens is 1. The first-order chi connectivity index (χ1) is 8.15. The molecule has 1 aromatic heterocycles. The van der Waals surface area contributed by atoms with Crippen LogP contribution in [0.1, 0.15) is 17.4 Å². The third-order valence-electron chi connectivity index (χ3n) is 2.60. The van der Waals surface area contributed by atoms with Crippen LogP contribution in [0.15, 0.2) is 22.1 Å². The van der Waals surface area contributed by atoms with Gasteiger partial charge < -0.3 is 4.74 Å². The molecule has 2 nitrogen and oxygen atoms in total. The summed E-state index contributed by atoms with van der Waals surface area (Å²) < 4.78 is 6.34. The van der Waals surface area contributed by atoms with E-state index in [4.69, 9.17) is 4.74 Å². The van der Waals surface area contributed by atoms with Gasteiger partial charge in [-0.1, -0.05) is 18.6 Å². The van der Waals surface area contributed by atoms with Gasteiger partial charge in [-0.15, -0.1) is 11.3 Å². The Hall–Kier alpha value is -0.870. The number of benzene rings is 1. The maximum atomic E-state index is 5.41. The van der Waals surface area contributed by atoms with Crippen molar-refractivity contribution in [3.05, 3.63) is 32.6 Å². The van der Waals surface area contributed by atoms with Crippen LogP contribution in [0.25, 0.3) is 11.3 Å². The summed E-state index contributed by atoms with van der Waals surface area (Å²) in [6, 6.07) is 6.17. The summed E-state index contributed by atoms with van der Waals surface area (Å²) in [5.41, 5.74) is 3.32. The second-order valence-corrected chi connectivity index (χ2v) is 6.16. The second-order valence-electron chi connectivity index (χ2n) is 3.80. The van der Waals surface area contributed by atoms with Crippen molar-refractivity contribution in [2.75, 3.05) is 7.11 Å². The zero-order chi connectivity index (χ0) is 12.4. The van der Waals surface area contributed by atoms with E-state index in [2.05, 4.69) is 46.9 Å². The molecule has 0 fully saturated rings. The molecule has 0 saturated carbocycles. The Morgan fingerprint density at radius 3 is 2.82 bits per heavy atom. The molecule has 90 valence electrons. The molecule has 0 bridgehead atoms. The van der Waals surface area contributed by atoms with Crippen LogP contribution in [0.4, 0.5) is 0 Å². The largest absolute Gasteiger partial charge is 0.496 e. The predicted molar refractivity (Wildman–Crippen MR) is 75.9 cm³/mol. The van der Waals surface area contributed by atoms with Gasteiger partial charge in [0, 0.05) is 10.4 Å². The SMILES string of the molecule is CCc1sc(Br)nc1-c1cc(C)ccc1OC. The number of aryl methyl sites for hydroxylation is 2. The fourth-order valence-corrected chi connectivity index (χ4v) is 3.28. The van der Waals surface area contributed by atoms with Crippen molar-refractivity contribution in [3.8, 4) is 17.0 Å². The summed E-state index contributed by atoms with van der Waals surface area (Å²) in [5.74, 6) is 0.878. The lowest BCUT2D eigenvalue weighted by molar-refractivity contribution is 0.416. The molecule has 0 spiro atoms. The molecule has 0 aliphatic heterocycles. The fourth-order valence-electron chi connectivity index (χ4n) is 1.78. The van der Waals surface area contributed by atoms with Gasteiger partial charge in [0.2, 0.25) is 0 Å². The van der Waals surface area contributed by atoms with E-state index in [1.165, 1.54) is 10.4 Å². The summed E-state index contributed by atoms with van der Waals surface area (Å²) in [5, 5.41) is 0. The highest BCUT2D eigenvalue weighted by Gasteiger charge is 2.14. The Labute approximate surface area is 114 Å². The average molecular weight is 312 g/mol. The van der Waals surface area contributed by atoms with E-state index in [-0.39, 0.29) is 0 Å². The van der Waals surface area contributed by atoms with Crippen LogP contribution in [0, 0.1) is 6.92 Å². The van der Waals surface area contributed by atoms with Crippen molar-refractivity contribution >= 4 is 27.3 Å². The summed E-state index contributed by atoms with van der Waals surface area (Å²) in [4.78, 5) is 5.84. The number of hydrogen-bond acceptors (Lipinski definition) is 3. The number of methoxy groups -OCH3 is 1. The highest BCUT2D eigenvalue weighted by Crippen LogP contribution is 2.36. The summed E-state index contributed by atoms with van der Waals surface area (Å²) >= 11 is 5.14. The van der Waals surface area contributed by atoms with Crippen LogP contribution in [0.2, 0.25) is 0 Å². The molecule has 17 heavy (non-hydrogen) atoms. The van der Waals surface area contributed by atoms with Gasteiger partial charge >= 0.3 is 0 Å². The van der Waals surface area contributed by atoms with E-state index < -0.39 is 0 Å². The van der Waals surface area contributed by atoms with Gasteiger partial charge in [-0.3, -0.25) is 0 Å². The van der Waals surface area contributed by atoms with E-state index in [1.54, 1.807) is 18.4 Å². The smallest absolute Gasteiger partial charge is 0.160 e. The molecule has 4 heteroatoms. The average Bonchev–Trinajstić information content (AvgIpc) is 2.70. The van der Waals surface area contributed by atoms with Gasteiger partial charge in [0.25, 0.3) is 0 Å². The highest BCUT2D eigenvalue weighted by molar-refractivity contribution is 9.11. The van der Waals surface area contributed by atoms with Gasteiger partial charge in [0.15, 0.2) is 3.92 Å². The lowest BCUT2D eigenvalue weighted by Gasteiger charge is -2.08. The standard InChI is InChI=1S/C13H14BrNOS/c1-4-11-12(15-13(14)17-11)9-7-8(2)5-6-10(9)16-3/h5-7H,4H2,1-3H3. The second kappa shape index (κ2) is 5.19. The minimum atomic E-state index is 0.878. The van der Waals surface area contributed by atoms with Gasteiger partial charge in [-0.05, 0) is 41.4 Å². The third kappa shape index (κ3) is 2.53. The van der Waals surface area contributed by atoms with Gasteiger partial charge in [-0.25, -0.2) is 4.98 Å². The van der Waals surface area contributed by atoms with Crippen LogP contribution in [-0.2, 0) is 6.42 Å². The summed E-state index contributed by atoms with van der Waals surface area (Å²) in [6.07, 6.45) is 0.982. The Balaban J connectivity index is 2.61. The minimum Gasteiger partial charge on any atom is -0.496 e. The Kier molecular flexibility index (Phi) is 3.84. The summed E-state index contributed by atoms with van der Waals surface area (Å²) in [7, 11) is 1.70. The first kappa shape index (κ1) is 12.6. The topological polar surface area (TPSA) is 22.1 Å². The normalized spacial score (nSPS) is 10.6. The van der Waals surface area contributed by atoms with E-state index in [9.17, 15) is 0 Å². The monoisotopic (exact) mass is 311 g/mol. The number of thiazole rings is 1. The lowest BCUT2D eigenvalue weighted by atomic mass is 10.1. The first-order valence-electron chi connectivity index (χ1n) is 5.46. The number of nitrogens with zero attached hydrogens (tertiary/aromatic N) is 1. The van der Waals surface area contributed by atoms with Crippen LogP contribution < -0.4 is 4.74 Å². The van der Waals surface area contributed by atoms with Crippen molar-refractivity contribution < 1.29 is 4.74 Å². The van der Waals surface area contributed by atoms with Crippen molar-refractivity contribution in [1.82, 2.24) is 4.98 Å². The van der Waals surface area contributed by atoms with Gasteiger partial charge in [0.1, 0.15) is 5.75 Å². The number of ether oxygens (including phenoxy) is 1. The maximum Gasteiger partial charge on any atom is 0.160 e. The van der Waals surface area contributed by atoms with E-state index in [0.717, 1.165) is 27.3 Å². The van der Waals surface area contributed by atoms with E-state index in [0.29, 0.717) is 0 Å². The Morgan fingerprint density at radius 1 is 1.41 bits per heavy atom. The summed E-state index contributed by atoms with van der Waals surface area (Å²) in [6.45, 7) is 4.22. The van der Waals surface area contributed by atoms with Gasteiger partial charge in [0.05, 0.1) is 12.8 Å². The molecule has 2 aromatic rings. The molecule has 0 atom stereocenters. The Morgan fingerprint density at radius 2 is 2.18 bits per heavy atom. The zero-order valence-corrected chi connectivity index (χ0v) is 12.5. The molecule has 0 aliphatic carbocycles. The van der Waals surface area contributed by atoms with E-state index in [1.807, 2.05) is 6.07 Å². The molecule has 2 rings (SSSR count). The van der Waals surface area contributed by atoms with Crippen molar-refractivity contribution in [2.45, 2.75) is 20.3 Å². The van der Waals surface area contributed by atoms with Crippen LogP contribution in [-0.4, -0.2) is 12.1 Å². The van der Waals surface area contributed by atoms with Crippen LogP contribution >= 0.6 is 27.3 Å². The molecule has 0 unspecified atom stereocenters. The molecule has 0 aliphatic rings. The zero-order valence-electron chi connectivity index (χ0n) is 10.1. The molecule has 0 amide bonds. The first-order valence-corrected chi connectivity index (χ1v) is 7.07. The quantitative estimate of drug-likeness (QED) is 0.835. The number of aromatic nitrogens is 1. The fraction of sp³-hybridized carbons (Fsp3) is 0.308. The van der Waals surface area contributed by atoms with Crippen molar-refractivity contribution in [2.24, 2.45) is 0 Å². The van der Waals surface area contributed by atoms with Crippen LogP contribution in [0.5, 0.6) is 5.75 Å². The molecule has 0 N–H and O–H groups in total. The third-order valence-corrected chi connectivity index (χ3v) is 4.25. The number of rotatable bonds is 3. The Bertz CT molecular complexity index is 536. The predicted octanol–water partition coefficient (Wildman–Crippen LogP) is 4.45. The lowest BCUT2D eigenvalue weighted by Crippen LogP contribution is -1.91.